The van der Waals surface area contributed by atoms with Crippen LogP contribution < -0.4 is 4.98 Å². The van der Waals surface area contributed by atoms with Crippen molar-refractivity contribution >= 4 is 10.4 Å². The summed E-state index contributed by atoms with van der Waals surface area (Å²) in [6, 6.07) is 0.590. The Bertz CT molecular complexity index is 136. The second-order valence-corrected chi connectivity index (χ2v) is 5.34. The molecule has 3 radical (unpaired) electrons. The quantitative estimate of drug-likeness (QED) is 0.589. The molecule has 0 bridgehead atoms. The van der Waals surface area contributed by atoms with Gasteiger partial charge in [0.2, 0.25) is 0 Å². The van der Waals surface area contributed by atoms with Gasteiger partial charge >= 0.3 is 0 Å². The Balaban J connectivity index is 2.80. The summed E-state index contributed by atoms with van der Waals surface area (Å²) in [5, 5.41) is 0. The molecular formula is C9H18NSi. The summed E-state index contributed by atoms with van der Waals surface area (Å²) in [6.07, 6.45) is 2.64. The zero-order chi connectivity index (χ0) is 8.70. The minimum Gasteiger partial charge on any atom is -0.337 e. The van der Waals surface area contributed by atoms with Gasteiger partial charge in [-0.05, 0) is 23.7 Å². The van der Waals surface area contributed by atoms with Gasteiger partial charge in [0, 0.05) is 6.04 Å². The van der Waals surface area contributed by atoms with Gasteiger partial charge in [0.15, 0.2) is 0 Å². The molecule has 1 fully saturated rings. The molecule has 0 aromatic carbocycles. The summed E-state index contributed by atoms with van der Waals surface area (Å²) in [6.45, 7) is 9.33. The molecule has 0 aliphatic heterocycles. The Morgan fingerprint density at radius 3 is 1.64 bits per heavy atom. The molecule has 1 aliphatic carbocycles. The monoisotopic (exact) mass is 168 g/mol. The number of hydrogen-bond donors (Lipinski definition) is 1. The van der Waals surface area contributed by atoms with Gasteiger partial charge in [0.1, 0.15) is 10.4 Å². The van der Waals surface area contributed by atoms with Crippen LogP contribution >= 0.6 is 0 Å². The van der Waals surface area contributed by atoms with Gasteiger partial charge in [0.25, 0.3) is 0 Å². The molecule has 63 valence electrons. The lowest BCUT2D eigenvalue weighted by Crippen LogP contribution is -2.44. The minimum absolute atomic E-state index is 0.436. The molecule has 0 spiro atoms. The van der Waals surface area contributed by atoms with Gasteiger partial charge in [-0.2, -0.15) is 0 Å². The van der Waals surface area contributed by atoms with Crippen LogP contribution in [0.25, 0.3) is 0 Å². The Kier molecular flexibility index (Phi) is 2.19. The van der Waals surface area contributed by atoms with Crippen LogP contribution in [-0.2, 0) is 0 Å². The second-order valence-electron chi connectivity index (χ2n) is 5.05. The van der Waals surface area contributed by atoms with E-state index in [4.69, 9.17) is 0 Å². The first kappa shape index (κ1) is 9.27. The largest absolute Gasteiger partial charge is 0.337 e. The molecule has 1 aliphatic rings. The number of hydrogen-bond acceptors (Lipinski definition) is 1. The van der Waals surface area contributed by atoms with Crippen LogP contribution in [0.2, 0.25) is 0 Å². The fraction of sp³-hybridized carbons (Fsp3) is 1.00. The highest BCUT2D eigenvalue weighted by molar-refractivity contribution is 6.04. The van der Waals surface area contributed by atoms with E-state index in [0.29, 0.717) is 16.9 Å². The molecule has 0 atom stereocenters. The van der Waals surface area contributed by atoms with Crippen LogP contribution in [0.4, 0.5) is 0 Å². The van der Waals surface area contributed by atoms with Gasteiger partial charge < -0.3 is 4.98 Å². The van der Waals surface area contributed by atoms with Crippen molar-refractivity contribution in [2.75, 3.05) is 0 Å². The minimum atomic E-state index is 0.436. The number of rotatable bonds is 1. The Hall–Kier alpha value is 0.177. The Morgan fingerprint density at radius 1 is 1.09 bits per heavy atom. The third-order valence-electron chi connectivity index (χ3n) is 3.12. The summed E-state index contributed by atoms with van der Waals surface area (Å²) >= 11 is 0. The maximum Gasteiger partial charge on any atom is 0.140 e. The van der Waals surface area contributed by atoms with E-state index in [1.807, 2.05) is 0 Å². The molecule has 0 aromatic rings. The maximum atomic E-state index is 3.43. The van der Waals surface area contributed by atoms with Crippen molar-refractivity contribution in [1.29, 1.82) is 0 Å². The van der Waals surface area contributed by atoms with Crippen molar-refractivity contribution in [3.05, 3.63) is 0 Å². The number of nitrogens with one attached hydrogen (secondary N) is 1. The van der Waals surface area contributed by atoms with E-state index in [-0.39, 0.29) is 0 Å². The molecule has 0 saturated heterocycles. The van der Waals surface area contributed by atoms with Gasteiger partial charge in [-0.3, -0.25) is 0 Å². The summed E-state index contributed by atoms with van der Waals surface area (Å²) in [5.74, 6) is 0. The fourth-order valence-electron chi connectivity index (χ4n) is 2.38. The summed E-state index contributed by atoms with van der Waals surface area (Å²) in [4.78, 5) is 3.25. The predicted molar refractivity (Wildman–Crippen MR) is 49.5 cm³/mol. The van der Waals surface area contributed by atoms with Gasteiger partial charge in [-0.15, -0.1) is 0 Å². The van der Waals surface area contributed by atoms with Gasteiger partial charge in [-0.25, -0.2) is 0 Å². The lowest BCUT2D eigenvalue weighted by molar-refractivity contribution is 0.224. The average molecular weight is 168 g/mol. The molecular weight excluding hydrogens is 150 g/mol. The normalized spacial score (nSPS) is 29.2. The van der Waals surface area contributed by atoms with Crippen LogP contribution in [0.1, 0.15) is 40.5 Å². The first-order valence-electron chi connectivity index (χ1n) is 4.32. The zero-order valence-corrected chi connectivity index (χ0v) is 8.99. The first-order valence-corrected chi connectivity index (χ1v) is 4.82. The third-order valence-corrected chi connectivity index (χ3v) is 3.41. The zero-order valence-electron chi connectivity index (χ0n) is 7.99. The van der Waals surface area contributed by atoms with Crippen LogP contribution in [0.15, 0.2) is 0 Å². The van der Waals surface area contributed by atoms with Crippen molar-refractivity contribution in [3.63, 3.8) is 0 Å². The lowest BCUT2D eigenvalue weighted by Gasteiger charge is -2.35. The van der Waals surface area contributed by atoms with Crippen molar-refractivity contribution in [1.82, 2.24) is 4.98 Å². The highest BCUT2D eigenvalue weighted by Crippen LogP contribution is 2.48. The highest BCUT2D eigenvalue weighted by Gasteiger charge is 2.45. The third kappa shape index (κ3) is 1.52. The summed E-state index contributed by atoms with van der Waals surface area (Å²) < 4.78 is 0. The standard InChI is InChI=1S/C9H18NSi/c1-8(2)5-6-9(3,4)7(8)10-11/h7,10H,5-6H2,1-4H3. The molecule has 1 rings (SSSR count). The lowest BCUT2D eigenvalue weighted by atomic mass is 9.79. The predicted octanol–water partition coefficient (Wildman–Crippen LogP) is 1.87. The molecule has 1 N–H and O–H groups in total. The summed E-state index contributed by atoms with van der Waals surface area (Å²) in [5.41, 5.74) is 0.872. The van der Waals surface area contributed by atoms with E-state index in [1.54, 1.807) is 0 Å². The van der Waals surface area contributed by atoms with Crippen LogP contribution in [0.5, 0.6) is 0 Å². The van der Waals surface area contributed by atoms with Gasteiger partial charge in [0.05, 0.1) is 0 Å². The molecule has 2 heteroatoms. The van der Waals surface area contributed by atoms with E-state index in [2.05, 4.69) is 43.1 Å². The molecule has 1 nitrogen and oxygen atoms in total. The van der Waals surface area contributed by atoms with Crippen molar-refractivity contribution in [2.24, 2.45) is 10.8 Å². The Labute approximate surface area is 73.5 Å². The molecule has 0 aromatic heterocycles. The van der Waals surface area contributed by atoms with E-state index in [0.717, 1.165) is 0 Å². The molecule has 0 unspecified atom stereocenters. The smallest absolute Gasteiger partial charge is 0.140 e. The van der Waals surface area contributed by atoms with Crippen molar-refractivity contribution < 1.29 is 0 Å². The van der Waals surface area contributed by atoms with Crippen LogP contribution in [0, 0.1) is 10.8 Å². The summed E-state index contributed by atoms with van der Waals surface area (Å²) in [7, 11) is 3.43. The molecule has 0 amide bonds. The Morgan fingerprint density at radius 2 is 1.45 bits per heavy atom. The van der Waals surface area contributed by atoms with Crippen molar-refractivity contribution in [3.8, 4) is 0 Å². The fourth-order valence-corrected chi connectivity index (χ4v) is 3.16. The molecule has 0 heterocycles. The van der Waals surface area contributed by atoms with E-state index >= 15 is 0 Å². The van der Waals surface area contributed by atoms with E-state index in [9.17, 15) is 0 Å². The van der Waals surface area contributed by atoms with Crippen molar-refractivity contribution in [2.45, 2.75) is 46.6 Å². The van der Waals surface area contributed by atoms with Crippen LogP contribution in [-0.4, -0.2) is 16.4 Å². The molecule has 1 saturated carbocycles. The topological polar surface area (TPSA) is 12.0 Å². The second kappa shape index (κ2) is 2.59. The average Bonchev–Trinajstić information content (AvgIpc) is 2.03. The maximum absolute atomic E-state index is 3.43. The van der Waals surface area contributed by atoms with E-state index in [1.165, 1.54) is 12.8 Å². The van der Waals surface area contributed by atoms with Gasteiger partial charge in [-0.1, -0.05) is 27.7 Å². The SMILES string of the molecule is CC1(C)CCC(C)(C)C1N[Si]. The molecule has 11 heavy (non-hydrogen) atoms. The van der Waals surface area contributed by atoms with E-state index < -0.39 is 0 Å². The highest BCUT2D eigenvalue weighted by atomic mass is 28.2. The first-order chi connectivity index (χ1) is 4.90. The van der Waals surface area contributed by atoms with Crippen LogP contribution in [0.3, 0.4) is 0 Å².